The summed E-state index contributed by atoms with van der Waals surface area (Å²) in [5.74, 6) is -2.78. The van der Waals surface area contributed by atoms with Crippen LogP contribution in [-0.2, 0) is 28.5 Å². The Morgan fingerprint density at radius 3 is 2.62 bits per heavy atom. The zero-order valence-electron chi connectivity index (χ0n) is 14.2. The molecular formula is C14H17N3O9. The largest absolute Gasteiger partial charge is 0.464 e. The molecule has 0 N–H and O–H groups in total. The zero-order valence-corrected chi connectivity index (χ0v) is 14.2. The molecule has 1 aliphatic rings. The Labute approximate surface area is 147 Å². The van der Waals surface area contributed by atoms with Gasteiger partial charge in [0.15, 0.2) is 0 Å². The Balaban J connectivity index is 2.30. The van der Waals surface area contributed by atoms with Crippen LogP contribution in [0.2, 0.25) is 0 Å². The summed E-state index contributed by atoms with van der Waals surface area (Å²) in [6.07, 6.45) is -1.35. The third kappa shape index (κ3) is 4.14. The molecule has 0 spiro atoms. The van der Waals surface area contributed by atoms with E-state index in [1.165, 1.54) is 13.8 Å². The lowest BCUT2D eigenvalue weighted by atomic mass is 10.2. The molecule has 1 saturated heterocycles. The summed E-state index contributed by atoms with van der Waals surface area (Å²) in [6, 6.07) is 0. The Hall–Kier alpha value is -3.02. The highest BCUT2D eigenvalue weighted by Crippen LogP contribution is 2.34. The monoisotopic (exact) mass is 371 g/mol. The highest BCUT2D eigenvalue weighted by Gasteiger charge is 2.42. The second-order valence-electron chi connectivity index (χ2n) is 5.39. The lowest BCUT2D eigenvalue weighted by molar-refractivity contribution is -0.389. The summed E-state index contributed by atoms with van der Waals surface area (Å²) in [4.78, 5) is 48.1. The molecule has 12 nitrogen and oxygen atoms in total. The maximum Gasteiger partial charge on any atom is 0.396 e. The standard InChI is InChI=1S/C14H17N3O9/c1-7(18)24-5-10-9(25-8(2)19)4-11(26-10)16-6-15-13(17(21)22)12(16)14(20)23-3/h6,9-11H,4-5H2,1-3H3/t9-,10+,11-/m1/s1. The van der Waals surface area contributed by atoms with Crippen LogP contribution in [0.25, 0.3) is 0 Å². The summed E-state index contributed by atoms with van der Waals surface area (Å²) >= 11 is 0. The molecule has 1 fully saturated rings. The van der Waals surface area contributed by atoms with Gasteiger partial charge in [-0.15, -0.1) is 0 Å². The number of hydrogen-bond acceptors (Lipinski definition) is 10. The number of methoxy groups -OCH3 is 1. The summed E-state index contributed by atoms with van der Waals surface area (Å²) in [6.45, 7) is 2.23. The molecule has 26 heavy (non-hydrogen) atoms. The molecule has 1 aliphatic heterocycles. The Morgan fingerprint density at radius 2 is 2.08 bits per heavy atom. The quantitative estimate of drug-likeness (QED) is 0.297. The third-order valence-electron chi connectivity index (χ3n) is 3.59. The van der Waals surface area contributed by atoms with Crippen LogP contribution < -0.4 is 0 Å². The molecule has 0 unspecified atom stereocenters. The van der Waals surface area contributed by atoms with Crippen LogP contribution >= 0.6 is 0 Å². The number of aromatic nitrogens is 2. The van der Waals surface area contributed by atoms with Crippen LogP contribution in [0.3, 0.4) is 0 Å². The van der Waals surface area contributed by atoms with Gasteiger partial charge in [-0.2, -0.15) is 0 Å². The number of carbonyl (C=O) groups is 3. The van der Waals surface area contributed by atoms with Crippen LogP contribution in [0.15, 0.2) is 6.33 Å². The Morgan fingerprint density at radius 1 is 1.38 bits per heavy atom. The first-order valence-corrected chi connectivity index (χ1v) is 7.50. The number of esters is 3. The molecule has 2 rings (SSSR count). The highest BCUT2D eigenvalue weighted by atomic mass is 16.6. The predicted molar refractivity (Wildman–Crippen MR) is 80.9 cm³/mol. The molecular weight excluding hydrogens is 354 g/mol. The smallest absolute Gasteiger partial charge is 0.396 e. The van der Waals surface area contributed by atoms with E-state index in [0.29, 0.717) is 0 Å². The van der Waals surface area contributed by atoms with E-state index in [1.54, 1.807) is 0 Å². The zero-order chi connectivity index (χ0) is 19.4. The van der Waals surface area contributed by atoms with E-state index in [1.807, 2.05) is 0 Å². The molecule has 0 radical (unpaired) electrons. The van der Waals surface area contributed by atoms with Crippen LogP contribution in [-0.4, -0.2) is 58.3 Å². The van der Waals surface area contributed by atoms with Crippen molar-refractivity contribution in [3.05, 3.63) is 22.1 Å². The number of hydrogen-bond donors (Lipinski definition) is 0. The van der Waals surface area contributed by atoms with E-state index in [0.717, 1.165) is 18.0 Å². The van der Waals surface area contributed by atoms with Crippen molar-refractivity contribution in [2.75, 3.05) is 13.7 Å². The van der Waals surface area contributed by atoms with Crippen molar-refractivity contribution in [3.8, 4) is 0 Å². The van der Waals surface area contributed by atoms with Crippen LogP contribution in [0, 0.1) is 10.1 Å². The van der Waals surface area contributed by atoms with Crippen LogP contribution in [0.1, 0.15) is 37.0 Å². The fourth-order valence-corrected chi connectivity index (χ4v) is 2.55. The molecule has 1 aromatic rings. The maximum absolute atomic E-state index is 11.9. The second-order valence-corrected chi connectivity index (χ2v) is 5.39. The molecule has 142 valence electrons. The van der Waals surface area contributed by atoms with E-state index >= 15 is 0 Å². The van der Waals surface area contributed by atoms with Gasteiger partial charge in [0.2, 0.25) is 12.0 Å². The fourth-order valence-electron chi connectivity index (χ4n) is 2.55. The normalized spacial score (nSPS) is 21.9. The highest BCUT2D eigenvalue weighted by molar-refractivity contribution is 5.91. The average Bonchev–Trinajstić information content (AvgIpc) is 3.15. The number of nitrogens with zero attached hydrogens (tertiary/aromatic N) is 3. The minimum atomic E-state index is -0.967. The average molecular weight is 371 g/mol. The Kier molecular flexibility index (Phi) is 5.87. The van der Waals surface area contributed by atoms with Crippen molar-refractivity contribution in [2.45, 2.75) is 38.7 Å². The summed E-state index contributed by atoms with van der Waals surface area (Å²) < 4.78 is 21.4. The van der Waals surface area contributed by atoms with Crippen molar-refractivity contribution in [1.82, 2.24) is 9.55 Å². The molecule has 12 heteroatoms. The topological polar surface area (TPSA) is 149 Å². The first kappa shape index (κ1) is 19.3. The van der Waals surface area contributed by atoms with Crippen LogP contribution in [0.5, 0.6) is 0 Å². The third-order valence-corrected chi connectivity index (χ3v) is 3.59. The van der Waals surface area contributed by atoms with Crippen molar-refractivity contribution in [1.29, 1.82) is 0 Å². The van der Waals surface area contributed by atoms with Crippen molar-refractivity contribution in [3.63, 3.8) is 0 Å². The second kappa shape index (κ2) is 7.91. The molecule has 0 amide bonds. The van der Waals surface area contributed by atoms with Crippen molar-refractivity contribution in [2.24, 2.45) is 0 Å². The fraction of sp³-hybridized carbons (Fsp3) is 0.571. The van der Waals surface area contributed by atoms with Gasteiger partial charge in [-0.25, -0.2) is 4.79 Å². The van der Waals surface area contributed by atoms with E-state index in [9.17, 15) is 24.5 Å². The number of carbonyl (C=O) groups excluding carboxylic acids is 3. The lowest BCUT2D eigenvalue weighted by Gasteiger charge is -2.17. The first-order valence-electron chi connectivity index (χ1n) is 7.50. The molecule has 0 saturated carbocycles. The molecule has 2 heterocycles. The number of rotatable bonds is 6. The minimum absolute atomic E-state index is 0.0724. The van der Waals surface area contributed by atoms with Gasteiger partial charge < -0.3 is 29.1 Å². The van der Waals surface area contributed by atoms with Gasteiger partial charge in [0.25, 0.3) is 0 Å². The van der Waals surface area contributed by atoms with Gasteiger partial charge in [0, 0.05) is 20.3 Å². The van der Waals surface area contributed by atoms with E-state index in [-0.39, 0.29) is 13.0 Å². The van der Waals surface area contributed by atoms with Gasteiger partial charge in [0.05, 0.1) is 7.11 Å². The van der Waals surface area contributed by atoms with Crippen LogP contribution in [0.4, 0.5) is 5.82 Å². The summed E-state index contributed by atoms with van der Waals surface area (Å²) in [5.41, 5.74) is -0.405. The van der Waals surface area contributed by atoms with Crippen molar-refractivity contribution < 1.29 is 38.3 Å². The van der Waals surface area contributed by atoms with Gasteiger partial charge >= 0.3 is 23.7 Å². The van der Waals surface area contributed by atoms with Crippen molar-refractivity contribution >= 4 is 23.7 Å². The van der Waals surface area contributed by atoms with E-state index < -0.39 is 52.8 Å². The molecule has 0 aliphatic carbocycles. The Bertz CT molecular complexity index is 729. The van der Waals surface area contributed by atoms with E-state index in [2.05, 4.69) is 9.72 Å². The molecule has 3 atom stereocenters. The molecule has 0 bridgehead atoms. The van der Waals surface area contributed by atoms with Gasteiger partial charge in [-0.1, -0.05) is 0 Å². The minimum Gasteiger partial charge on any atom is -0.464 e. The summed E-state index contributed by atoms with van der Waals surface area (Å²) in [5, 5.41) is 11.1. The predicted octanol–water partition coefficient (Wildman–Crippen LogP) is 0.360. The van der Waals surface area contributed by atoms with Gasteiger partial charge in [-0.05, 0) is 9.91 Å². The van der Waals surface area contributed by atoms with E-state index in [4.69, 9.17) is 14.2 Å². The SMILES string of the molecule is COC(=O)c1c([N+](=O)[O-])ncn1[C@H]1C[C@@H](OC(C)=O)[C@H](COC(C)=O)O1. The summed E-state index contributed by atoms with van der Waals surface area (Å²) in [7, 11) is 1.07. The number of nitro groups is 1. The molecule has 0 aromatic carbocycles. The first-order chi connectivity index (χ1) is 12.2. The lowest BCUT2D eigenvalue weighted by Crippen LogP contribution is -2.31. The maximum atomic E-state index is 11.9. The molecule has 1 aromatic heterocycles. The van der Waals surface area contributed by atoms with Gasteiger partial charge in [-0.3, -0.25) is 14.2 Å². The number of imidazole rings is 1. The van der Waals surface area contributed by atoms with Gasteiger partial charge in [0.1, 0.15) is 25.0 Å². The number of ether oxygens (including phenoxy) is 4.